The molecule has 2 aromatic heterocycles. The van der Waals surface area contributed by atoms with Crippen molar-refractivity contribution in [1.29, 1.82) is 0 Å². The number of nitrogens with two attached hydrogens (primary N) is 1. The summed E-state index contributed by atoms with van der Waals surface area (Å²) in [7, 11) is 0. The fraction of sp³-hybridized carbons (Fsp3) is 0.231. The number of phenols is 1. The number of H-pyrrole nitrogens is 2. The lowest BCUT2D eigenvalue weighted by Gasteiger charge is -2.23. The van der Waals surface area contributed by atoms with E-state index in [0.29, 0.717) is 11.3 Å². The third-order valence-electron chi connectivity index (χ3n) is 6.05. The lowest BCUT2D eigenvalue weighted by Crippen LogP contribution is -2.55. The van der Waals surface area contributed by atoms with Crippen LogP contribution in [0.15, 0.2) is 67.3 Å². The van der Waals surface area contributed by atoms with Crippen LogP contribution in [0, 0.1) is 0 Å². The van der Waals surface area contributed by atoms with Gasteiger partial charge in [0.2, 0.25) is 11.8 Å². The SMILES string of the molecule is N[C@@H](Cc1c[nH]c2ccccc12)C(=O)N[C@@H](Cc1ccc(O)cc1)C(=O)N[C@@H](Cc1cnc[nH]1)C(=O)O. The van der Waals surface area contributed by atoms with Crippen LogP contribution in [0.2, 0.25) is 0 Å². The van der Waals surface area contributed by atoms with Crippen LogP contribution in [0.1, 0.15) is 16.8 Å². The van der Waals surface area contributed by atoms with Gasteiger partial charge in [0.25, 0.3) is 0 Å². The molecular formula is C26H28N6O5. The summed E-state index contributed by atoms with van der Waals surface area (Å²) < 4.78 is 0. The van der Waals surface area contributed by atoms with Crippen LogP contribution in [0.3, 0.4) is 0 Å². The number of imidazole rings is 1. The number of para-hydroxylation sites is 1. The summed E-state index contributed by atoms with van der Waals surface area (Å²) in [6.45, 7) is 0. The van der Waals surface area contributed by atoms with Gasteiger partial charge in [0, 0.05) is 41.8 Å². The molecule has 0 aliphatic heterocycles. The second-order valence-corrected chi connectivity index (χ2v) is 8.78. The summed E-state index contributed by atoms with van der Waals surface area (Å²) >= 11 is 0. The van der Waals surface area contributed by atoms with Crippen molar-refractivity contribution in [3.05, 3.63) is 84.1 Å². The summed E-state index contributed by atoms with van der Waals surface area (Å²) in [6, 6.07) is 10.5. The molecule has 2 heterocycles. The van der Waals surface area contributed by atoms with Gasteiger partial charge in [-0.3, -0.25) is 9.59 Å². The Labute approximate surface area is 212 Å². The Morgan fingerprint density at radius 1 is 0.919 bits per heavy atom. The number of aromatic hydroxyl groups is 1. The molecule has 2 amide bonds. The lowest BCUT2D eigenvalue weighted by molar-refractivity contribution is -0.142. The molecule has 0 aliphatic carbocycles. The number of nitrogens with one attached hydrogen (secondary N) is 4. The predicted octanol–water partition coefficient (Wildman–Crippen LogP) is 1.01. The first-order valence-corrected chi connectivity index (χ1v) is 11.7. The zero-order valence-electron chi connectivity index (χ0n) is 19.8. The van der Waals surface area contributed by atoms with Gasteiger partial charge in [-0.25, -0.2) is 9.78 Å². The second kappa shape index (κ2) is 11.4. The standard InChI is InChI=1S/C26H28N6O5/c27-20(10-16-12-29-21-4-2-1-3-19(16)21)24(34)31-22(9-15-5-7-18(33)8-6-15)25(35)32-23(26(36)37)11-17-13-28-14-30-17/h1-8,12-14,20,22-23,29,33H,9-11,27H2,(H,28,30)(H,31,34)(H,32,35)(H,36,37)/t20-,22-,23-/m0/s1. The van der Waals surface area contributed by atoms with E-state index in [4.69, 9.17) is 5.73 Å². The van der Waals surface area contributed by atoms with Gasteiger partial charge in [-0.15, -0.1) is 0 Å². The quantitative estimate of drug-likeness (QED) is 0.159. The third-order valence-corrected chi connectivity index (χ3v) is 6.05. The highest BCUT2D eigenvalue weighted by atomic mass is 16.4. The average molecular weight is 505 g/mol. The van der Waals surface area contributed by atoms with E-state index in [-0.39, 0.29) is 25.0 Å². The number of aromatic amines is 2. The van der Waals surface area contributed by atoms with E-state index < -0.39 is 35.9 Å². The Kier molecular flexibility index (Phi) is 7.84. The number of carboxylic acids is 1. The molecule has 0 saturated carbocycles. The van der Waals surface area contributed by atoms with Crippen molar-refractivity contribution < 1.29 is 24.6 Å². The van der Waals surface area contributed by atoms with Crippen molar-refractivity contribution in [3.63, 3.8) is 0 Å². The molecule has 4 aromatic rings. The number of benzene rings is 2. The molecule has 0 unspecified atom stereocenters. The van der Waals surface area contributed by atoms with Crippen LogP contribution in [-0.2, 0) is 33.6 Å². The number of rotatable bonds is 11. The Morgan fingerprint density at radius 3 is 2.35 bits per heavy atom. The van der Waals surface area contributed by atoms with Crippen LogP contribution in [0.5, 0.6) is 5.75 Å². The molecule has 0 spiro atoms. The van der Waals surface area contributed by atoms with Crippen molar-refractivity contribution >= 4 is 28.7 Å². The topological polar surface area (TPSA) is 186 Å². The number of hydrogen-bond donors (Lipinski definition) is 7. The molecule has 11 nitrogen and oxygen atoms in total. The molecule has 11 heteroatoms. The number of carboxylic acid groups (broad SMARTS) is 1. The van der Waals surface area contributed by atoms with Gasteiger partial charge in [0.05, 0.1) is 12.4 Å². The molecule has 8 N–H and O–H groups in total. The minimum atomic E-state index is -1.24. The highest BCUT2D eigenvalue weighted by Crippen LogP contribution is 2.19. The number of fused-ring (bicyclic) bond motifs is 1. The van der Waals surface area contributed by atoms with Crippen LogP contribution < -0.4 is 16.4 Å². The monoisotopic (exact) mass is 504 g/mol. The van der Waals surface area contributed by atoms with E-state index >= 15 is 0 Å². The first kappa shape index (κ1) is 25.5. The third kappa shape index (κ3) is 6.53. The number of aromatic nitrogens is 3. The number of phenolic OH excluding ortho intramolecular Hbond substituents is 1. The van der Waals surface area contributed by atoms with Crippen LogP contribution in [0.4, 0.5) is 0 Å². The van der Waals surface area contributed by atoms with Crippen molar-refractivity contribution in [2.45, 2.75) is 37.4 Å². The maximum atomic E-state index is 13.2. The summed E-state index contributed by atoms with van der Waals surface area (Å²) in [5.41, 5.74) is 9.18. The van der Waals surface area contributed by atoms with Gasteiger partial charge < -0.3 is 36.5 Å². The maximum absolute atomic E-state index is 13.2. The van der Waals surface area contributed by atoms with E-state index in [1.807, 2.05) is 24.3 Å². The molecule has 4 rings (SSSR count). The zero-order valence-corrected chi connectivity index (χ0v) is 19.8. The highest BCUT2D eigenvalue weighted by Gasteiger charge is 2.29. The number of amides is 2. The molecule has 0 fully saturated rings. The van der Waals surface area contributed by atoms with Gasteiger partial charge in [-0.1, -0.05) is 30.3 Å². The van der Waals surface area contributed by atoms with Gasteiger partial charge in [-0.2, -0.15) is 0 Å². The molecule has 37 heavy (non-hydrogen) atoms. The number of aliphatic carboxylic acids is 1. The first-order valence-electron chi connectivity index (χ1n) is 11.7. The van der Waals surface area contributed by atoms with Gasteiger partial charge >= 0.3 is 5.97 Å². The lowest BCUT2D eigenvalue weighted by atomic mass is 10.0. The second-order valence-electron chi connectivity index (χ2n) is 8.78. The van der Waals surface area contributed by atoms with Gasteiger partial charge in [0.1, 0.15) is 17.8 Å². The van der Waals surface area contributed by atoms with E-state index in [1.54, 1.807) is 18.3 Å². The minimum Gasteiger partial charge on any atom is -0.508 e. The summed E-state index contributed by atoms with van der Waals surface area (Å²) in [6.07, 6.45) is 4.97. The number of nitrogens with zero attached hydrogens (tertiary/aromatic N) is 1. The van der Waals surface area contributed by atoms with Gasteiger partial charge in [-0.05, 0) is 35.7 Å². The minimum absolute atomic E-state index is 0.0129. The molecule has 0 radical (unpaired) electrons. The molecule has 3 atom stereocenters. The van der Waals surface area contributed by atoms with E-state index in [9.17, 15) is 24.6 Å². The molecular weight excluding hydrogens is 476 g/mol. The molecule has 0 saturated heterocycles. The fourth-order valence-corrected chi connectivity index (χ4v) is 4.07. The van der Waals surface area contributed by atoms with Crippen LogP contribution in [0.25, 0.3) is 10.9 Å². The van der Waals surface area contributed by atoms with E-state index in [1.165, 1.54) is 24.7 Å². The Balaban J connectivity index is 1.48. The van der Waals surface area contributed by atoms with Crippen molar-refractivity contribution in [1.82, 2.24) is 25.6 Å². The number of hydrogen-bond acceptors (Lipinski definition) is 6. The maximum Gasteiger partial charge on any atom is 0.326 e. The zero-order chi connectivity index (χ0) is 26.4. The largest absolute Gasteiger partial charge is 0.508 e. The summed E-state index contributed by atoms with van der Waals surface area (Å²) in [4.78, 5) is 47.9. The van der Waals surface area contributed by atoms with Crippen LogP contribution >= 0.6 is 0 Å². The highest BCUT2D eigenvalue weighted by molar-refractivity contribution is 5.92. The summed E-state index contributed by atoms with van der Waals surface area (Å²) in [5.74, 6) is -2.40. The van der Waals surface area contributed by atoms with Crippen molar-refractivity contribution in [2.75, 3.05) is 0 Å². The number of carbonyl (C=O) groups is 3. The van der Waals surface area contributed by atoms with Gasteiger partial charge in [0.15, 0.2) is 0 Å². The first-order chi connectivity index (χ1) is 17.8. The molecule has 0 bridgehead atoms. The van der Waals surface area contributed by atoms with E-state index in [2.05, 4.69) is 25.6 Å². The van der Waals surface area contributed by atoms with Crippen molar-refractivity contribution in [2.24, 2.45) is 5.73 Å². The van der Waals surface area contributed by atoms with Crippen LogP contribution in [-0.4, -0.2) is 61.1 Å². The van der Waals surface area contributed by atoms with E-state index in [0.717, 1.165) is 16.5 Å². The normalized spacial score (nSPS) is 13.5. The number of carbonyl (C=O) groups excluding carboxylic acids is 2. The predicted molar refractivity (Wildman–Crippen MR) is 136 cm³/mol. The Bertz CT molecular complexity index is 1370. The average Bonchev–Trinajstić information content (AvgIpc) is 3.54. The molecule has 2 aromatic carbocycles. The summed E-state index contributed by atoms with van der Waals surface area (Å²) in [5, 5.41) is 25.4. The fourth-order valence-electron chi connectivity index (χ4n) is 4.07. The Hall–Kier alpha value is -4.64. The smallest absolute Gasteiger partial charge is 0.326 e. The molecule has 0 aliphatic rings. The molecule has 192 valence electrons. The Morgan fingerprint density at radius 2 is 1.65 bits per heavy atom. The van der Waals surface area contributed by atoms with Crippen molar-refractivity contribution in [3.8, 4) is 5.75 Å².